The summed E-state index contributed by atoms with van der Waals surface area (Å²) in [6.45, 7) is 6.25. The number of piperidine rings is 1. The number of carbonyl (C=O) groups excluding carboxylic acids is 2. The second-order valence-corrected chi connectivity index (χ2v) is 12.2. The van der Waals surface area contributed by atoms with Gasteiger partial charge in [-0.3, -0.25) is 9.59 Å². The summed E-state index contributed by atoms with van der Waals surface area (Å²) in [6.07, 6.45) is 7.11. The van der Waals surface area contributed by atoms with Gasteiger partial charge in [-0.25, -0.2) is 0 Å². The van der Waals surface area contributed by atoms with E-state index in [0.717, 1.165) is 52.6 Å². The van der Waals surface area contributed by atoms with E-state index in [-0.39, 0.29) is 11.7 Å². The van der Waals surface area contributed by atoms with Crippen molar-refractivity contribution in [2.45, 2.75) is 50.5 Å². The van der Waals surface area contributed by atoms with Crippen LogP contribution in [0.2, 0.25) is 5.02 Å². The number of Topliss-reactive ketones (excluding diaryl/α,β-unsaturated/α-hetero) is 1. The molecular formula is C33H35ClN2O2S. The van der Waals surface area contributed by atoms with Crippen LogP contribution in [-0.4, -0.2) is 36.2 Å². The fourth-order valence-corrected chi connectivity index (χ4v) is 6.68. The minimum absolute atomic E-state index is 0.0399. The van der Waals surface area contributed by atoms with Crippen molar-refractivity contribution >= 4 is 46.8 Å². The average Bonchev–Trinajstić information content (AvgIpc) is 2.94. The first-order chi connectivity index (χ1) is 19.0. The van der Waals surface area contributed by atoms with Crippen molar-refractivity contribution in [1.82, 2.24) is 4.90 Å². The molecule has 3 aromatic carbocycles. The number of nitrogens with zero attached hydrogens (tertiary/aromatic N) is 2. The Morgan fingerprint density at radius 1 is 1.05 bits per heavy atom. The number of para-hydroxylation sites is 1. The third kappa shape index (κ3) is 7.21. The molecule has 0 bridgehead atoms. The second kappa shape index (κ2) is 13.0. The Morgan fingerprint density at radius 2 is 1.87 bits per heavy atom. The third-order valence-corrected chi connectivity index (χ3v) is 8.77. The molecule has 0 N–H and O–H groups in total. The van der Waals surface area contributed by atoms with E-state index in [4.69, 9.17) is 11.6 Å². The van der Waals surface area contributed by atoms with E-state index in [1.165, 1.54) is 37.7 Å². The standard InChI is InChI=1S/C33H35ClN2O2S/c1-24-8-7-19-35(22-24)18-5-4-12-30(37)27-16-14-25(15-17-27)21-32-33(38)36(23-26-9-6-10-28(34)20-26)29-11-2-3-13-31(29)39-32/h2-3,6,9-11,13-17,20-21,24H,4-5,7-8,12,18-19,22-23H2,1H3/b32-21+. The number of thioether (sulfide) groups is 1. The van der Waals surface area contributed by atoms with E-state index in [1.54, 1.807) is 0 Å². The van der Waals surface area contributed by atoms with Crippen LogP contribution in [0.5, 0.6) is 0 Å². The summed E-state index contributed by atoms with van der Waals surface area (Å²) in [5.74, 6) is 0.935. The maximum Gasteiger partial charge on any atom is 0.265 e. The number of anilines is 1. The Kier molecular flexibility index (Phi) is 9.23. The summed E-state index contributed by atoms with van der Waals surface area (Å²) in [6, 6.07) is 23.2. The van der Waals surface area contributed by atoms with Gasteiger partial charge in [0.2, 0.25) is 0 Å². The van der Waals surface area contributed by atoms with Crippen molar-refractivity contribution in [1.29, 1.82) is 0 Å². The number of fused-ring (bicyclic) bond motifs is 1. The second-order valence-electron chi connectivity index (χ2n) is 10.6. The molecule has 0 aliphatic carbocycles. The molecule has 1 unspecified atom stereocenters. The zero-order chi connectivity index (χ0) is 27.2. The van der Waals surface area contributed by atoms with Crippen molar-refractivity contribution < 1.29 is 9.59 Å². The first-order valence-electron chi connectivity index (χ1n) is 13.9. The number of unbranched alkanes of at least 4 members (excludes halogenated alkanes) is 1. The largest absolute Gasteiger partial charge is 0.303 e. The highest BCUT2D eigenvalue weighted by Crippen LogP contribution is 2.42. The molecule has 1 saturated heterocycles. The summed E-state index contributed by atoms with van der Waals surface area (Å²) in [5.41, 5.74) is 3.52. The molecular weight excluding hydrogens is 524 g/mol. The zero-order valence-corrected chi connectivity index (χ0v) is 24.0. The van der Waals surface area contributed by atoms with Crippen LogP contribution < -0.4 is 4.90 Å². The molecule has 6 heteroatoms. The number of likely N-dealkylation sites (tertiary alicyclic amines) is 1. The molecule has 2 aliphatic rings. The summed E-state index contributed by atoms with van der Waals surface area (Å²) in [4.78, 5) is 32.4. The minimum Gasteiger partial charge on any atom is -0.303 e. The maximum absolute atomic E-state index is 13.6. The van der Waals surface area contributed by atoms with Crippen molar-refractivity contribution in [2.75, 3.05) is 24.5 Å². The first-order valence-corrected chi connectivity index (χ1v) is 15.1. The van der Waals surface area contributed by atoms with Gasteiger partial charge in [-0.2, -0.15) is 0 Å². The third-order valence-electron chi connectivity index (χ3n) is 7.46. The number of carbonyl (C=O) groups is 2. The highest BCUT2D eigenvalue weighted by molar-refractivity contribution is 8.04. The first kappa shape index (κ1) is 27.7. The smallest absolute Gasteiger partial charge is 0.265 e. The van der Waals surface area contributed by atoms with Crippen molar-refractivity contribution in [3.05, 3.63) is 99.4 Å². The van der Waals surface area contributed by atoms with Crippen LogP contribution in [0.3, 0.4) is 0 Å². The Balaban J connectivity index is 1.22. The Bertz CT molecular complexity index is 1350. The highest BCUT2D eigenvalue weighted by atomic mass is 35.5. The molecule has 1 atom stereocenters. The van der Waals surface area contributed by atoms with Gasteiger partial charge in [0.25, 0.3) is 5.91 Å². The normalized spacial score (nSPS) is 18.8. The Hall–Kier alpha value is -2.86. The maximum atomic E-state index is 13.6. The van der Waals surface area contributed by atoms with Crippen LogP contribution in [0.4, 0.5) is 5.69 Å². The van der Waals surface area contributed by atoms with Gasteiger partial charge in [0.05, 0.1) is 17.1 Å². The molecule has 2 heterocycles. The Morgan fingerprint density at radius 3 is 2.67 bits per heavy atom. The number of amides is 1. The van der Waals surface area contributed by atoms with Gasteiger partial charge in [0.1, 0.15) is 0 Å². The number of hydrogen-bond acceptors (Lipinski definition) is 4. The summed E-state index contributed by atoms with van der Waals surface area (Å²) < 4.78 is 0. The SMILES string of the molecule is CC1CCCN(CCCCC(=O)c2ccc(/C=C3/Sc4ccccc4N(Cc4cccc(Cl)c4)C3=O)cc2)C1. The molecule has 5 rings (SSSR count). The molecule has 0 spiro atoms. The van der Waals surface area contributed by atoms with E-state index in [2.05, 4.69) is 11.8 Å². The van der Waals surface area contributed by atoms with Gasteiger partial charge in [-0.05, 0) is 86.2 Å². The molecule has 202 valence electrons. The van der Waals surface area contributed by atoms with Crippen molar-refractivity contribution in [2.24, 2.45) is 5.92 Å². The van der Waals surface area contributed by atoms with Crippen LogP contribution in [0.1, 0.15) is 60.5 Å². The van der Waals surface area contributed by atoms with Gasteiger partial charge < -0.3 is 9.80 Å². The predicted octanol–water partition coefficient (Wildman–Crippen LogP) is 8.10. The van der Waals surface area contributed by atoms with Crippen molar-refractivity contribution in [3.8, 4) is 0 Å². The van der Waals surface area contributed by atoms with Crippen LogP contribution >= 0.6 is 23.4 Å². The summed E-state index contributed by atoms with van der Waals surface area (Å²) >= 11 is 7.68. The van der Waals surface area contributed by atoms with Crippen LogP contribution in [0.25, 0.3) is 6.08 Å². The molecule has 0 saturated carbocycles. The lowest BCUT2D eigenvalue weighted by Crippen LogP contribution is -2.34. The minimum atomic E-state index is -0.0399. The van der Waals surface area contributed by atoms with Gasteiger partial charge in [-0.15, -0.1) is 0 Å². The molecule has 1 amide bonds. The fraction of sp³-hybridized carbons (Fsp3) is 0.333. The topological polar surface area (TPSA) is 40.6 Å². The molecule has 2 aliphatic heterocycles. The van der Waals surface area contributed by atoms with Crippen LogP contribution in [0.15, 0.2) is 82.6 Å². The lowest BCUT2D eigenvalue weighted by Gasteiger charge is -2.30. The molecule has 3 aromatic rings. The monoisotopic (exact) mass is 558 g/mol. The highest BCUT2D eigenvalue weighted by Gasteiger charge is 2.29. The fourth-order valence-electron chi connectivity index (χ4n) is 5.41. The molecule has 0 radical (unpaired) electrons. The van der Waals surface area contributed by atoms with Crippen LogP contribution in [0, 0.1) is 5.92 Å². The van der Waals surface area contributed by atoms with E-state index >= 15 is 0 Å². The number of rotatable bonds is 9. The quantitative estimate of drug-likeness (QED) is 0.151. The lowest BCUT2D eigenvalue weighted by atomic mass is 9.99. The number of ketones is 1. The number of benzene rings is 3. The molecule has 39 heavy (non-hydrogen) atoms. The number of hydrogen-bond donors (Lipinski definition) is 0. The van der Waals surface area contributed by atoms with E-state index in [0.29, 0.717) is 22.9 Å². The predicted molar refractivity (Wildman–Crippen MR) is 162 cm³/mol. The average molecular weight is 559 g/mol. The van der Waals surface area contributed by atoms with Gasteiger partial charge >= 0.3 is 0 Å². The van der Waals surface area contributed by atoms with E-state index in [9.17, 15) is 9.59 Å². The van der Waals surface area contributed by atoms with Crippen LogP contribution in [-0.2, 0) is 11.3 Å². The van der Waals surface area contributed by atoms with Gasteiger partial charge in [-0.1, -0.05) is 78.8 Å². The van der Waals surface area contributed by atoms with E-state index in [1.807, 2.05) is 83.8 Å². The van der Waals surface area contributed by atoms with Crippen molar-refractivity contribution in [3.63, 3.8) is 0 Å². The molecule has 0 aromatic heterocycles. The molecule has 1 fully saturated rings. The molecule has 4 nitrogen and oxygen atoms in total. The van der Waals surface area contributed by atoms with E-state index < -0.39 is 0 Å². The van der Waals surface area contributed by atoms with Gasteiger partial charge in [0, 0.05) is 28.4 Å². The number of halogens is 1. The Labute approximate surface area is 241 Å². The summed E-state index contributed by atoms with van der Waals surface area (Å²) in [5, 5.41) is 0.654. The lowest BCUT2D eigenvalue weighted by molar-refractivity contribution is -0.114. The van der Waals surface area contributed by atoms with Gasteiger partial charge in [0.15, 0.2) is 5.78 Å². The zero-order valence-electron chi connectivity index (χ0n) is 22.4. The summed E-state index contributed by atoms with van der Waals surface area (Å²) in [7, 11) is 0.